The zero-order valence-electron chi connectivity index (χ0n) is 14.4. The van der Waals surface area contributed by atoms with Crippen LogP contribution in [0.3, 0.4) is 0 Å². The molecule has 132 valence electrons. The van der Waals surface area contributed by atoms with Crippen LogP contribution in [0, 0.1) is 5.82 Å². The normalized spacial score (nSPS) is 10.3. The highest BCUT2D eigenvalue weighted by molar-refractivity contribution is 6.02. The van der Waals surface area contributed by atoms with E-state index in [4.69, 9.17) is 0 Å². The van der Waals surface area contributed by atoms with Gasteiger partial charge in [-0.05, 0) is 54.6 Å². The van der Waals surface area contributed by atoms with Crippen LogP contribution in [0.2, 0.25) is 0 Å². The molecule has 0 aliphatic heterocycles. The number of nitrogens with zero attached hydrogens (tertiary/aromatic N) is 3. The molecule has 0 saturated carbocycles. The second-order valence-electron chi connectivity index (χ2n) is 5.83. The zero-order valence-corrected chi connectivity index (χ0v) is 14.4. The Hall–Kier alpha value is -3.48. The van der Waals surface area contributed by atoms with Crippen molar-refractivity contribution in [1.29, 1.82) is 0 Å². The van der Waals surface area contributed by atoms with Crippen LogP contribution in [-0.2, 0) is 0 Å². The molecule has 7 heteroatoms. The molecule has 1 amide bonds. The van der Waals surface area contributed by atoms with Crippen LogP contribution in [0.5, 0.6) is 0 Å². The number of hydrogen-bond donors (Lipinski definition) is 2. The number of rotatable bonds is 5. The van der Waals surface area contributed by atoms with E-state index in [0.29, 0.717) is 17.2 Å². The molecule has 3 aromatic rings. The van der Waals surface area contributed by atoms with Gasteiger partial charge in [0.25, 0.3) is 5.91 Å². The Morgan fingerprint density at radius 3 is 2.35 bits per heavy atom. The lowest BCUT2D eigenvalue weighted by molar-refractivity contribution is 0.102. The fourth-order valence-electron chi connectivity index (χ4n) is 2.27. The largest absolute Gasteiger partial charge is 0.378 e. The van der Waals surface area contributed by atoms with E-state index in [1.165, 1.54) is 12.1 Å². The summed E-state index contributed by atoms with van der Waals surface area (Å²) in [5, 5.41) is 13.6. The minimum Gasteiger partial charge on any atom is -0.378 e. The van der Waals surface area contributed by atoms with E-state index < -0.39 is 0 Å². The van der Waals surface area contributed by atoms with Crippen LogP contribution < -0.4 is 15.5 Å². The summed E-state index contributed by atoms with van der Waals surface area (Å²) in [7, 11) is 3.89. The lowest BCUT2D eigenvalue weighted by Gasteiger charge is -2.13. The molecule has 6 nitrogen and oxygen atoms in total. The third-order valence-corrected chi connectivity index (χ3v) is 3.64. The summed E-state index contributed by atoms with van der Waals surface area (Å²) in [6.07, 6.45) is 0. The summed E-state index contributed by atoms with van der Waals surface area (Å²) in [5.41, 5.74) is 2.45. The Morgan fingerprint density at radius 1 is 0.962 bits per heavy atom. The standard InChI is InChI=1S/C19H18FN5O/c1-25(2)16-8-6-14(7-9-16)22-19(26)17-10-11-18(24-23-17)21-15-5-3-4-13(20)12-15/h3-12H,1-2H3,(H,21,24)(H,22,26). The summed E-state index contributed by atoms with van der Waals surface area (Å²) in [6, 6.07) is 16.6. The van der Waals surface area contributed by atoms with Gasteiger partial charge >= 0.3 is 0 Å². The van der Waals surface area contributed by atoms with Crippen LogP contribution in [0.15, 0.2) is 60.7 Å². The molecule has 0 unspecified atom stereocenters. The lowest BCUT2D eigenvalue weighted by atomic mass is 10.2. The summed E-state index contributed by atoms with van der Waals surface area (Å²) >= 11 is 0. The first kappa shape index (κ1) is 17.3. The van der Waals surface area contributed by atoms with Crippen molar-refractivity contribution in [2.75, 3.05) is 29.6 Å². The molecule has 2 aromatic carbocycles. The molecule has 26 heavy (non-hydrogen) atoms. The number of hydrogen-bond acceptors (Lipinski definition) is 5. The van der Waals surface area contributed by atoms with E-state index in [1.807, 2.05) is 43.3 Å². The Bertz CT molecular complexity index is 895. The molecule has 0 aliphatic rings. The number of benzene rings is 2. The van der Waals surface area contributed by atoms with E-state index in [2.05, 4.69) is 20.8 Å². The first-order chi connectivity index (χ1) is 12.5. The molecular weight excluding hydrogens is 333 g/mol. The smallest absolute Gasteiger partial charge is 0.276 e. The van der Waals surface area contributed by atoms with Crippen LogP contribution in [0.1, 0.15) is 10.5 Å². The van der Waals surface area contributed by atoms with Crippen molar-refractivity contribution in [1.82, 2.24) is 10.2 Å². The highest BCUT2D eigenvalue weighted by Crippen LogP contribution is 2.17. The van der Waals surface area contributed by atoms with Crippen LogP contribution in [0.4, 0.5) is 27.3 Å². The molecule has 1 heterocycles. The topological polar surface area (TPSA) is 70.2 Å². The van der Waals surface area contributed by atoms with Crippen molar-refractivity contribution in [2.24, 2.45) is 0 Å². The third kappa shape index (κ3) is 4.32. The fraction of sp³-hybridized carbons (Fsp3) is 0.105. The van der Waals surface area contributed by atoms with Gasteiger partial charge in [-0.15, -0.1) is 10.2 Å². The summed E-state index contributed by atoms with van der Waals surface area (Å²) < 4.78 is 13.2. The number of nitrogens with one attached hydrogen (secondary N) is 2. The van der Waals surface area contributed by atoms with Gasteiger partial charge in [-0.3, -0.25) is 4.79 Å². The van der Waals surface area contributed by atoms with Gasteiger partial charge in [0.2, 0.25) is 0 Å². The highest BCUT2D eigenvalue weighted by atomic mass is 19.1. The van der Waals surface area contributed by atoms with Crippen LogP contribution in [-0.4, -0.2) is 30.2 Å². The number of halogens is 1. The van der Waals surface area contributed by atoms with E-state index in [0.717, 1.165) is 5.69 Å². The van der Waals surface area contributed by atoms with Gasteiger partial charge in [-0.25, -0.2) is 4.39 Å². The molecule has 0 radical (unpaired) electrons. The van der Waals surface area contributed by atoms with Gasteiger partial charge < -0.3 is 15.5 Å². The van der Waals surface area contributed by atoms with E-state index >= 15 is 0 Å². The number of carbonyl (C=O) groups excluding carboxylic acids is 1. The molecule has 3 rings (SSSR count). The Balaban J connectivity index is 1.65. The van der Waals surface area contributed by atoms with Crippen molar-refractivity contribution in [3.63, 3.8) is 0 Å². The van der Waals surface area contributed by atoms with Crippen molar-refractivity contribution < 1.29 is 9.18 Å². The van der Waals surface area contributed by atoms with Crippen LogP contribution in [0.25, 0.3) is 0 Å². The van der Waals surface area contributed by atoms with Gasteiger partial charge in [0.15, 0.2) is 11.5 Å². The van der Waals surface area contributed by atoms with Gasteiger partial charge in [-0.1, -0.05) is 6.07 Å². The summed E-state index contributed by atoms with van der Waals surface area (Å²) in [4.78, 5) is 14.2. The number of aromatic nitrogens is 2. The van der Waals surface area contributed by atoms with Crippen molar-refractivity contribution in [2.45, 2.75) is 0 Å². The minimum absolute atomic E-state index is 0.187. The number of amides is 1. The van der Waals surface area contributed by atoms with Crippen molar-refractivity contribution in [3.05, 3.63) is 72.2 Å². The van der Waals surface area contributed by atoms with E-state index in [9.17, 15) is 9.18 Å². The maximum absolute atomic E-state index is 13.2. The highest BCUT2D eigenvalue weighted by Gasteiger charge is 2.09. The number of carbonyl (C=O) groups is 1. The molecule has 2 N–H and O–H groups in total. The lowest BCUT2D eigenvalue weighted by Crippen LogP contribution is -2.15. The third-order valence-electron chi connectivity index (χ3n) is 3.64. The minimum atomic E-state index is -0.354. The second kappa shape index (κ2) is 7.60. The summed E-state index contributed by atoms with van der Waals surface area (Å²) in [6.45, 7) is 0. The van der Waals surface area contributed by atoms with E-state index in [-0.39, 0.29) is 17.4 Å². The molecule has 0 spiro atoms. The maximum Gasteiger partial charge on any atom is 0.276 e. The van der Waals surface area contributed by atoms with Crippen molar-refractivity contribution in [3.8, 4) is 0 Å². The number of anilines is 4. The molecule has 0 bridgehead atoms. The molecule has 0 saturated heterocycles. The second-order valence-corrected chi connectivity index (χ2v) is 5.83. The van der Waals surface area contributed by atoms with E-state index in [1.54, 1.807) is 24.3 Å². The average Bonchev–Trinajstić information content (AvgIpc) is 2.63. The van der Waals surface area contributed by atoms with Gasteiger partial charge in [0.05, 0.1) is 0 Å². The van der Waals surface area contributed by atoms with Gasteiger partial charge in [-0.2, -0.15) is 0 Å². The van der Waals surface area contributed by atoms with Gasteiger partial charge in [0, 0.05) is 31.2 Å². The molecule has 0 atom stereocenters. The predicted octanol–water partition coefficient (Wildman–Crippen LogP) is 3.68. The zero-order chi connectivity index (χ0) is 18.5. The SMILES string of the molecule is CN(C)c1ccc(NC(=O)c2ccc(Nc3cccc(F)c3)nn2)cc1. The molecule has 0 fully saturated rings. The summed E-state index contributed by atoms with van der Waals surface area (Å²) in [5.74, 6) is -0.283. The maximum atomic E-state index is 13.2. The quantitative estimate of drug-likeness (QED) is 0.734. The molecular formula is C19H18FN5O. The first-order valence-electron chi connectivity index (χ1n) is 7.96. The molecule has 1 aromatic heterocycles. The average molecular weight is 351 g/mol. The predicted molar refractivity (Wildman–Crippen MR) is 100 cm³/mol. The molecule has 0 aliphatic carbocycles. The Labute approximate surface area is 150 Å². The first-order valence-corrected chi connectivity index (χ1v) is 7.96. The monoisotopic (exact) mass is 351 g/mol. The Morgan fingerprint density at radius 2 is 1.73 bits per heavy atom. The Kier molecular flexibility index (Phi) is 5.07. The van der Waals surface area contributed by atoms with Crippen LogP contribution >= 0.6 is 0 Å². The van der Waals surface area contributed by atoms with Gasteiger partial charge in [0.1, 0.15) is 5.82 Å². The fourth-order valence-corrected chi connectivity index (χ4v) is 2.27. The van der Waals surface area contributed by atoms with Crippen molar-refractivity contribution >= 4 is 28.8 Å².